The molecule has 0 aliphatic carbocycles. The van der Waals surface area contributed by atoms with Crippen molar-refractivity contribution in [1.82, 2.24) is 10.6 Å². The van der Waals surface area contributed by atoms with E-state index in [1.54, 1.807) is 89.2 Å². The normalized spacial score (nSPS) is 11.2. The molecule has 0 spiro atoms. The van der Waals surface area contributed by atoms with E-state index in [0.29, 0.717) is 34.5 Å². The Morgan fingerprint density at radius 3 is 1.15 bits per heavy atom. The van der Waals surface area contributed by atoms with E-state index < -0.39 is 0 Å². The Bertz CT molecular complexity index is 1120. The van der Waals surface area contributed by atoms with Gasteiger partial charge in [-0.05, 0) is 35.4 Å². The lowest BCUT2D eigenvalue weighted by Gasteiger charge is -2.12. The van der Waals surface area contributed by atoms with Crippen molar-refractivity contribution in [1.29, 1.82) is 0 Å². The molecular weight excluding hydrogens is 516 g/mol. The summed E-state index contributed by atoms with van der Waals surface area (Å²) in [7, 11) is 9.26. The van der Waals surface area contributed by atoms with Gasteiger partial charge in [0, 0.05) is 25.2 Å². The number of hydrogen-bond acceptors (Lipinski definition) is 8. The lowest BCUT2D eigenvalue weighted by Crippen LogP contribution is -2.33. The van der Waals surface area contributed by atoms with Gasteiger partial charge in [-0.15, -0.1) is 0 Å². The third-order valence-corrected chi connectivity index (χ3v) is 5.39. The molecule has 2 amide bonds. The van der Waals surface area contributed by atoms with Gasteiger partial charge in [-0.1, -0.05) is 36.5 Å². The third kappa shape index (κ3) is 9.46. The summed E-state index contributed by atoms with van der Waals surface area (Å²) in [5, 5.41) is 5.41. The fourth-order valence-electron chi connectivity index (χ4n) is 3.50. The van der Waals surface area contributed by atoms with Crippen molar-refractivity contribution >= 4 is 24.0 Å². The number of methoxy groups -OCH3 is 6. The first-order valence-corrected chi connectivity index (χ1v) is 12.3. The SMILES string of the molecule is COc1cc(/C=C/C=C/C(=O)NCCNC(=O)/C=C/C=C/c2cc(OC)c(OC)c(OC)c2)cc(OC)c1OC. The molecule has 0 saturated heterocycles. The van der Waals surface area contributed by atoms with E-state index in [9.17, 15) is 9.59 Å². The number of nitrogens with one attached hydrogen (secondary N) is 2. The van der Waals surface area contributed by atoms with Crippen LogP contribution in [0.15, 0.2) is 60.7 Å². The Balaban J connectivity index is 1.77. The standard InChI is InChI=1S/C30H36N2O8/c1-35-23-17-21(18-24(36-2)29(23)39-5)11-7-9-13-27(33)31-15-16-32-28(34)14-10-8-12-22-19-25(37-3)30(40-6)26(20-22)38-4/h7-14,17-20H,15-16H2,1-6H3,(H,31,33)(H,32,34)/b11-7+,12-8+,13-9+,14-10+. The molecule has 40 heavy (non-hydrogen) atoms. The minimum absolute atomic E-state index is 0.278. The Kier molecular flexibility index (Phi) is 13.2. The molecule has 0 atom stereocenters. The summed E-state index contributed by atoms with van der Waals surface area (Å²) in [5.41, 5.74) is 1.63. The van der Waals surface area contributed by atoms with Gasteiger partial charge in [0.1, 0.15) is 0 Å². The molecule has 2 rings (SSSR count). The van der Waals surface area contributed by atoms with Crippen LogP contribution in [0.5, 0.6) is 34.5 Å². The Morgan fingerprint density at radius 2 is 0.875 bits per heavy atom. The fourth-order valence-corrected chi connectivity index (χ4v) is 3.50. The molecule has 0 saturated carbocycles. The van der Waals surface area contributed by atoms with Gasteiger partial charge in [0.15, 0.2) is 23.0 Å². The van der Waals surface area contributed by atoms with Crippen molar-refractivity contribution in [2.75, 3.05) is 55.7 Å². The Labute approximate surface area is 234 Å². The van der Waals surface area contributed by atoms with Crippen molar-refractivity contribution in [3.8, 4) is 34.5 Å². The van der Waals surface area contributed by atoms with Crippen LogP contribution >= 0.6 is 0 Å². The van der Waals surface area contributed by atoms with E-state index in [-0.39, 0.29) is 24.9 Å². The zero-order valence-corrected chi connectivity index (χ0v) is 23.6. The van der Waals surface area contributed by atoms with Crippen LogP contribution in [0, 0.1) is 0 Å². The molecule has 0 aliphatic heterocycles. The van der Waals surface area contributed by atoms with Crippen LogP contribution in [0.2, 0.25) is 0 Å². The minimum Gasteiger partial charge on any atom is -0.493 e. The maximum atomic E-state index is 12.0. The average molecular weight is 553 g/mol. The van der Waals surface area contributed by atoms with E-state index in [2.05, 4.69) is 10.6 Å². The summed E-state index contributed by atoms with van der Waals surface area (Å²) < 4.78 is 32.0. The highest BCUT2D eigenvalue weighted by Crippen LogP contribution is 2.39. The molecule has 0 radical (unpaired) electrons. The van der Waals surface area contributed by atoms with Gasteiger partial charge in [0.2, 0.25) is 23.3 Å². The topological polar surface area (TPSA) is 114 Å². The number of ether oxygens (including phenoxy) is 6. The second-order valence-electron chi connectivity index (χ2n) is 7.94. The highest BCUT2D eigenvalue weighted by atomic mass is 16.5. The summed E-state index contributed by atoms with van der Waals surface area (Å²) in [4.78, 5) is 24.0. The van der Waals surface area contributed by atoms with Crippen LogP contribution in [0.1, 0.15) is 11.1 Å². The molecule has 0 heterocycles. The third-order valence-electron chi connectivity index (χ3n) is 5.39. The zero-order valence-electron chi connectivity index (χ0n) is 23.6. The monoisotopic (exact) mass is 552 g/mol. The van der Waals surface area contributed by atoms with Crippen molar-refractivity contribution < 1.29 is 38.0 Å². The predicted octanol–water partition coefficient (Wildman–Crippen LogP) is 3.81. The summed E-state index contributed by atoms with van der Waals surface area (Å²) in [6.45, 7) is 0.557. The lowest BCUT2D eigenvalue weighted by molar-refractivity contribution is -0.118. The molecule has 0 bridgehead atoms. The van der Waals surface area contributed by atoms with Gasteiger partial charge in [0.05, 0.1) is 42.7 Å². The minimum atomic E-state index is -0.285. The van der Waals surface area contributed by atoms with Crippen LogP contribution in [0.3, 0.4) is 0 Å². The van der Waals surface area contributed by atoms with Crippen LogP contribution < -0.4 is 39.1 Å². The second-order valence-corrected chi connectivity index (χ2v) is 7.94. The highest BCUT2D eigenvalue weighted by Gasteiger charge is 2.12. The Morgan fingerprint density at radius 1 is 0.550 bits per heavy atom. The molecule has 214 valence electrons. The molecule has 2 aromatic rings. The molecule has 0 aromatic heterocycles. The molecule has 2 aromatic carbocycles. The van der Waals surface area contributed by atoms with E-state index >= 15 is 0 Å². The molecular formula is C30H36N2O8. The number of benzene rings is 2. The lowest BCUT2D eigenvalue weighted by atomic mass is 10.1. The molecule has 0 unspecified atom stereocenters. The van der Waals surface area contributed by atoms with Gasteiger partial charge in [0.25, 0.3) is 0 Å². The summed E-state index contributed by atoms with van der Waals surface area (Å²) in [6.07, 6.45) is 13.1. The smallest absolute Gasteiger partial charge is 0.244 e. The van der Waals surface area contributed by atoms with Gasteiger partial charge >= 0.3 is 0 Å². The first-order valence-electron chi connectivity index (χ1n) is 12.3. The maximum Gasteiger partial charge on any atom is 0.244 e. The molecule has 0 aliphatic rings. The number of allylic oxidation sites excluding steroid dienone is 4. The van der Waals surface area contributed by atoms with Crippen LogP contribution in [0.4, 0.5) is 0 Å². The van der Waals surface area contributed by atoms with Gasteiger partial charge in [-0.3, -0.25) is 9.59 Å². The van der Waals surface area contributed by atoms with Crippen LogP contribution in [-0.4, -0.2) is 67.6 Å². The molecule has 0 fully saturated rings. The van der Waals surface area contributed by atoms with Crippen molar-refractivity contribution in [2.24, 2.45) is 0 Å². The van der Waals surface area contributed by atoms with Gasteiger partial charge in [-0.25, -0.2) is 0 Å². The van der Waals surface area contributed by atoms with E-state index in [1.807, 2.05) is 0 Å². The van der Waals surface area contributed by atoms with E-state index in [0.717, 1.165) is 11.1 Å². The zero-order chi connectivity index (χ0) is 29.3. The van der Waals surface area contributed by atoms with E-state index in [1.165, 1.54) is 26.4 Å². The van der Waals surface area contributed by atoms with Crippen molar-refractivity contribution in [2.45, 2.75) is 0 Å². The highest BCUT2D eigenvalue weighted by molar-refractivity contribution is 5.89. The summed E-state index contributed by atoms with van der Waals surface area (Å²) in [6, 6.07) is 7.19. The molecule has 10 nitrogen and oxygen atoms in total. The van der Waals surface area contributed by atoms with Gasteiger partial charge < -0.3 is 39.1 Å². The number of amides is 2. The van der Waals surface area contributed by atoms with Crippen molar-refractivity contribution in [3.63, 3.8) is 0 Å². The predicted molar refractivity (Wildman–Crippen MR) is 155 cm³/mol. The maximum absolute atomic E-state index is 12.0. The fraction of sp³-hybridized carbons (Fsp3) is 0.267. The first-order chi connectivity index (χ1) is 19.4. The number of carbonyl (C=O) groups excluding carboxylic acids is 2. The molecule has 2 N–H and O–H groups in total. The number of rotatable bonds is 15. The van der Waals surface area contributed by atoms with Crippen molar-refractivity contribution in [3.05, 3.63) is 71.8 Å². The molecule has 10 heteroatoms. The van der Waals surface area contributed by atoms with Crippen LogP contribution in [-0.2, 0) is 9.59 Å². The largest absolute Gasteiger partial charge is 0.493 e. The van der Waals surface area contributed by atoms with Crippen LogP contribution in [0.25, 0.3) is 12.2 Å². The first kappa shape index (κ1) is 31.4. The van der Waals surface area contributed by atoms with Gasteiger partial charge in [-0.2, -0.15) is 0 Å². The second kappa shape index (κ2) is 16.9. The summed E-state index contributed by atoms with van der Waals surface area (Å²) >= 11 is 0. The number of hydrogen-bond donors (Lipinski definition) is 2. The quantitative estimate of drug-likeness (QED) is 0.195. The summed E-state index contributed by atoms with van der Waals surface area (Å²) in [5.74, 6) is 2.59. The average Bonchev–Trinajstić information content (AvgIpc) is 2.98. The Hall–Kier alpha value is -4.86. The van der Waals surface area contributed by atoms with E-state index in [4.69, 9.17) is 28.4 Å². The number of carbonyl (C=O) groups is 2.